The first-order valence-electron chi connectivity index (χ1n) is 7.71. The van der Waals surface area contributed by atoms with Crippen LogP contribution in [0.25, 0.3) is 0 Å². The number of amides is 1. The number of hydrogen-bond donors (Lipinski definition) is 1. The number of hydrogen-bond acceptors (Lipinski definition) is 3. The van der Waals surface area contributed by atoms with Crippen LogP contribution in [0.1, 0.15) is 37.9 Å². The summed E-state index contributed by atoms with van der Waals surface area (Å²) in [5, 5.41) is 0. The van der Waals surface area contributed by atoms with Crippen molar-refractivity contribution >= 4 is 5.91 Å². The van der Waals surface area contributed by atoms with E-state index in [1.165, 1.54) is 32.1 Å². The lowest BCUT2D eigenvalue weighted by Crippen LogP contribution is -2.57. The topological polar surface area (TPSA) is 52.2 Å². The van der Waals surface area contributed by atoms with Gasteiger partial charge in [0.05, 0.1) is 12.5 Å². The van der Waals surface area contributed by atoms with Gasteiger partial charge < -0.3 is 9.88 Å². The van der Waals surface area contributed by atoms with Gasteiger partial charge in [-0.1, -0.05) is 19.3 Å². The third-order valence-electron chi connectivity index (χ3n) is 4.67. The first kappa shape index (κ1) is 13.6. The molecule has 1 aliphatic carbocycles. The van der Waals surface area contributed by atoms with Crippen LogP contribution in [0.15, 0.2) is 12.4 Å². The van der Waals surface area contributed by atoms with Crippen molar-refractivity contribution in [1.82, 2.24) is 19.8 Å². The minimum absolute atomic E-state index is 0.192. The smallest absolute Gasteiger partial charge is 0.228 e. The molecule has 0 spiro atoms. The molecule has 2 aliphatic rings. The molecule has 2 fully saturated rings. The second kappa shape index (κ2) is 5.95. The molecule has 0 atom stereocenters. The molecule has 0 aromatic carbocycles. The van der Waals surface area contributed by atoms with Crippen LogP contribution in [-0.2, 0) is 11.3 Å². The van der Waals surface area contributed by atoms with Gasteiger partial charge in [-0.2, -0.15) is 0 Å². The summed E-state index contributed by atoms with van der Waals surface area (Å²) in [4.78, 5) is 23.8. The lowest BCUT2D eigenvalue weighted by atomic mass is 9.88. The highest BCUT2D eigenvalue weighted by molar-refractivity contribution is 5.79. The molecule has 0 bridgehead atoms. The Labute approximate surface area is 120 Å². The lowest BCUT2D eigenvalue weighted by Gasteiger charge is -2.45. The molecular formula is C15H24N4O. The summed E-state index contributed by atoms with van der Waals surface area (Å²) in [5.74, 6) is 1.30. The van der Waals surface area contributed by atoms with Crippen molar-refractivity contribution in [2.24, 2.45) is 5.92 Å². The number of H-pyrrole nitrogens is 1. The summed E-state index contributed by atoms with van der Waals surface area (Å²) >= 11 is 0. The van der Waals surface area contributed by atoms with Gasteiger partial charge in [-0.25, -0.2) is 4.98 Å². The van der Waals surface area contributed by atoms with E-state index in [9.17, 15) is 4.79 Å². The molecule has 1 amide bonds. The number of rotatable bonds is 4. The molecule has 3 rings (SSSR count). The van der Waals surface area contributed by atoms with Crippen LogP contribution in [0, 0.1) is 5.92 Å². The number of carbonyl (C=O) groups is 1. The molecule has 1 N–H and O–H groups in total. The number of nitrogens with zero attached hydrogens (tertiary/aromatic N) is 3. The largest absolute Gasteiger partial charge is 0.347 e. The Bertz CT molecular complexity index is 433. The van der Waals surface area contributed by atoms with Gasteiger partial charge in [-0.15, -0.1) is 0 Å². The van der Waals surface area contributed by atoms with Crippen LogP contribution in [0.4, 0.5) is 0 Å². The Morgan fingerprint density at radius 3 is 2.80 bits per heavy atom. The van der Waals surface area contributed by atoms with Crippen molar-refractivity contribution in [3.05, 3.63) is 18.2 Å². The van der Waals surface area contributed by atoms with Crippen molar-refractivity contribution in [3.8, 4) is 0 Å². The zero-order valence-electron chi connectivity index (χ0n) is 12.2. The second-order valence-corrected chi connectivity index (χ2v) is 6.17. The summed E-state index contributed by atoms with van der Waals surface area (Å²) in [6.07, 6.45) is 10.3. The van der Waals surface area contributed by atoms with Crippen molar-refractivity contribution in [1.29, 1.82) is 0 Å². The maximum absolute atomic E-state index is 12.3. The highest BCUT2D eigenvalue weighted by atomic mass is 16.2. The molecule has 2 heterocycles. The molecule has 5 heteroatoms. The van der Waals surface area contributed by atoms with E-state index < -0.39 is 0 Å². The standard InChI is InChI=1S/C15H24N4O/c1-18(11-14-16-7-8-17-14)15(20)12-9-19(10-12)13-5-3-2-4-6-13/h7-8,12-13H,2-6,9-11H2,1H3,(H,16,17). The number of nitrogens with one attached hydrogen (secondary N) is 1. The molecule has 20 heavy (non-hydrogen) atoms. The molecule has 1 aliphatic heterocycles. The molecule has 0 radical (unpaired) electrons. The Hall–Kier alpha value is -1.36. The monoisotopic (exact) mass is 276 g/mol. The van der Waals surface area contributed by atoms with Crippen LogP contribution in [0.2, 0.25) is 0 Å². The highest BCUT2D eigenvalue weighted by Crippen LogP contribution is 2.29. The molecular weight excluding hydrogens is 252 g/mol. The first-order valence-corrected chi connectivity index (χ1v) is 7.71. The van der Waals surface area contributed by atoms with Gasteiger partial charge in [0.2, 0.25) is 5.91 Å². The lowest BCUT2D eigenvalue weighted by molar-refractivity contribution is -0.141. The van der Waals surface area contributed by atoms with Crippen LogP contribution >= 0.6 is 0 Å². The maximum atomic E-state index is 12.3. The van der Waals surface area contributed by atoms with Gasteiger partial charge in [0.1, 0.15) is 5.82 Å². The summed E-state index contributed by atoms with van der Waals surface area (Å²) in [5.41, 5.74) is 0. The average Bonchev–Trinajstić information content (AvgIpc) is 2.91. The fourth-order valence-electron chi connectivity index (χ4n) is 3.41. The van der Waals surface area contributed by atoms with Crippen LogP contribution in [0.3, 0.4) is 0 Å². The van der Waals surface area contributed by atoms with E-state index in [2.05, 4.69) is 14.9 Å². The molecule has 1 aromatic heterocycles. The Morgan fingerprint density at radius 1 is 1.40 bits per heavy atom. The fraction of sp³-hybridized carbons (Fsp3) is 0.733. The van der Waals surface area contributed by atoms with E-state index in [-0.39, 0.29) is 11.8 Å². The molecule has 1 aromatic rings. The van der Waals surface area contributed by atoms with E-state index in [0.29, 0.717) is 6.54 Å². The zero-order chi connectivity index (χ0) is 13.9. The van der Waals surface area contributed by atoms with Gasteiger partial charge in [0, 0.05) is 38.6 Å². The van der Waals surface area contributed by atoms with E-state index in [1.807, 2.05) is 7.05 Å². The van der Waals surface area contributed by atoms with Gasteiger partial charge >= 0.3 is 0 Å². The van der Waals surface area contributed by atoms with Crippen molar-refractivity contribution in [2.75, 3.05) is 20.1 Å². The number of aromatic nitrogens is 2. The normalized spacial score (nSPS) is 21.6. The van der Waals surface area contributed by atoms with Gasteiger partial charge in [0.25, 0.3) is 0 Å². The predicted octanol–water partition coefficient (Wildman–Crippen LogP) is 1.63. The second-order valence-electron chi connectivity index (χ2n) is 6.17. The van der Waals surface area contributed by atoms with E-state index in [1.54, 1.807) is 17.3 Å². The van der Waals surface area contributed by atoms with Gasteiger partial charge in [-0.3, -0.25) is 9.69 Å². The summed E-state index contributed by atoms with van der Waals surface area (Å²) < 4.78 is 0. The minimum atomic E-state index is 0.192. The van der Waals surface area contributed by atoms with Crippen LogP contribution in [0.5, 0.6) is 0 Å². The molecule has 1 saturated heterocycles. The Balaban J connectivity index is 1.45. The van der Waals surface area contributed by atoms with E-state index in [0.717, 1.165) is 25.0 Å². The van der Waals surface area contributed by atoms with Gasteiger partial charge in [0.15, 0.2) is 0 Å². The molecule has 0 unspecified atom stereocenters. The van der Waals surface area contributed by atoms with Crippen molar-refractivity contribution in [2.45, 2.75) is 44.7 Å². The quantitative estimate of drug-likeness (QED) is 0.909. The minimum Gasteiger partial charge on any atom is -0.347 e. The number of likely N-dealkylation sites (tertiary alicyclic amines) is 1. The number of carbonyl (C=O) groups excluding carboxylic acids is 1. The third kappa shape index (κ3) is 2.87. The Morgan fingerprint density at radius 2 is 2.15 bits per heavy atom. The maximum Gasteiger partial charge on any atom is 0.228 e. The summed E-state index contributed by atoms with van der Waals surface area (Å²) in [6, 6.07) is 0.739. The summed E-state index contributed by atoms with van der Waals surface area (Å²) in [7, 11) is 1.87. The zero-order valence-corrected chi connectivity index (χ0v) is 12.2. The molecule has 5 nitrogen and oxygen atoms in total. The Kier molecular flexibility index (Phi) is 4.05. The van der Waals surface area contributed by atoms with Gasteiger partial charge in [-0.05, 0) is 12.8 Å². The number of imidazole rings is 1. The number of aromatic amines is 1. The first-order chi connectivity index (χ1) is 9.74. The molecule has 110 valence electrons. The highest BCUT2D eigenvalue weighted by Gasteiger charge is 2.38. The third-order valence-corrected chi connectivity index (χ3v) is 4.67. The van der Waals surface area contributed by atoms with Crippen LogP contribution < -0.4 is 0 Å². The molecule has 1 saturated carbocycles. The van der Waals surface area contributed by atoms with Crippen molar-refractivity contribution in [3.63, 3.8) is 0 Å². The average molecular weight is 276 g/mol. The van der Waals surface area contributed by atoms with E-state index >= 15 is 0 Å². The van der Waals surface area contributed by atoms with Crippen molar-refractivity contribution < 1.29 is 4.79 Å². The van der Waals surface area contributed by atoms with Crippen LogP contribution in [-0.4, -0.2) is 51.9 Å². The van der Waals surface area contributed by atoms with E-state index in [4.69, 9.17) is 0 Å². The SMILES string of the molecule is CN(Cc1ncc[nH]1)C(=O)C1CN(C2CCCCC2)C1. The predicted molar refractivity (Wildman–Crippen MR) is 77.0 cm³/mol. The summed E-state index contributed by atoms with van der Waals surface area (Å²) in [6.45, 7) is 2.48. The fourth-order valence-corrected chi connectivity index (χ4v) is 3.41.